The van der Waals surface area contributed by atoms with Gasteiger partial charge in [-0.25, -0.2) is 4.98 Å². The first-order chi connectivity index (χ1) is 5.63. The van der Waals surface area contributed by atoms with Crippen LogP contribution in [0, 0.1) is 0 Å². The van der Waals surface area contributed by atoms with Crippen LogP contribution in [0.5, 0.6) is 0 Å². The lowest BCUT2D eigenvalue weighted by Crippen LogP contribution is -2.13. The van der Waals surface area contributed by atoms with E-state index in [2.05, 4.69) is 4.98 Å². The molecule has 0 fully saturated rings. The summed E-state index contributed by atoms with van der Waals surface area (Å²) in [5, 5.41) is 0.388. The van der Waals surface area contributed by atoms with E-state index >= 15 is 0 Å². The summed E-state index contributed by atoms with van der Waals surface area (Å²) in [4.78, 5) is 14.7. The molecule has 0 aromatic carbocycles. The molecule has 12 heavy (non-hydrogen) atoms. The van der Waals surface area contributed by atoms with Crippen molar-refractivity contribution in [1.82, 2.24) is 4.98 Å². The van der Waals surface area contributed by atoms with Gasteiger partial charge in [-0.1, -0.05) is 23.2 Å². The number of rotatable bonds is 2. The second kappa shape index (κ2) is 3.85. The van der Waals surface area contributed by atoms with Crippen LogP contribution in [0.25, 0.3) is 0 Å². The molecular weight excluding hydrogens is 199 g/mol. The molecule has 3 nitrogen and oxygen atoms in total. The lowest BCUT2D eigenvalue weighted by Gasteiger charge is -1.98. The third-order valence-corrected chi connectivity index (χ3v) is 1.66. The minimum atomic E-state index is -0.207. The van der Waals surface area contributed by atoms with E-state index in [1.165, 1.54) is 12.1 Å². The van der Waals surface area contributed by atoms with Crippen molar-refractivity contribution in [1.29, 1.82) is 0 Å². The zero-order chi connectivity index (χ0) is 9.14. The van der Waals surface area contributed by atoms with Gasteiger partial charge in [-0.2, -0.15) is 0 Å². The Balaban J connectivity index is 3.08. The van der Waals surface area contributed by atoms with Crippen molar-refractivity contribution >= 4 is 29.0 Å². The summed E-state index contributed by atoms with van der Waals surface area (Å²) in [5.41, 5.74) is 5.54. The number of halogens is 2. The summed E-state index contributed by atoms with van der Waals surface area (Å²) in [6.07, 6.45) is 0. The highest BCUT2D eigenvalue weighted by molar-refractivity contribution is 6.33. The number of aromatic nitrogens is 1. The van der Waals surface area contributed by atoms with Gasteiger partial charge in [0.15, 0.2) is 5.78 Å². The molecule has 0 unspecified atom stereocenters. The van der Waals surface area contributed by atoms with E-state index in [9.17, 15) is 4.79 Å². The molecule has 0 amide bonds. The Bertz CT molecular complexity index is 294. The molecule has 0 spiro atoms. The van der Waals surface area contributed by atoms with Gasteiger partial charge < -0.3 is 5.73 Å². The second-order valence-corrected chi connectivity index (χ2v) is 2.90. The van der Waals surface area contributed by atoms with Gasteiger partial charge in [0.05, 0.1) is 6.54 Å². The predicted octanol–water partition coefficient (Wildman–Crippen LogP) is 1.53. The molecule has 0 bridgehead atoms. The molecule has 0 saturated carbocycles. The Morgan fingerprint density at radius 3 is 2.33 bits per heavy atom. The smallest absolute Gasteiger partial charge is 0.176 e. The molecule has 0 aliphatic heterocycles. The normalized spacial score (nSPS) is 9.92. The largest absolute Gasteiger partial charge is 0.324 e. The lowest BCUT2D eigenvalue weighted by atomic mass is 10.2. The van der Waals surface area contributed by atoms with Crippen molar-refractivity contribution in [2.75, 3.05) is 6.54 Å². The molecule has 0 radical (unpaired) electrons. The number of pyridine rings is 1. The summed E-state index contributed by atoms with van der Waals surface area (Å²) in [6.45, 7) is -0.0589. The molecule has 1 aromatic heterocycles. The first kappa shape index (κ1) is 9.45. The van der Waals surface area contributed by atoms with E-state index < -0.39 is 0 Å². The maximum absolute atomic E-state index is 11.0. The van der Waals surface area contributed by atoms with E-state index in [-0.39, 0.29) is 22.6 Å². The summed E-state index contributed by atoms with van der Waals surface area (Å²) in [6, 6.07) is 2.87. The number of nitrogens with two attached hydrogens (primary N) is 1. The van der Waals surface area contributed by atoms with Crippen LogP contribution in [0.2, 0.25) is 10.3 Å². The van der Waals surface area contributed by atoms with Gasteiger partial charge in [-0.15, -0.1) is 0 Å². The lowest BCUT2D eigenvalue weighted by molar-refractivity contribution is 0.100. The van der Waals surface area contributed by atoms with Crippen molar-refractivity contribution in [2.24, 2.45) is 5.73 Å². The maximum Gasteiger partial charge on any atom is 0.176 e. The average molecular weight is 205 g/mol. The van der Waals surface area contributed by atoms with Gasteiger partial charge in [0, 0.05) is 5.56 Å². The van der Waals surface area contributed by atoms with Crippen LogP contribution >= 0.6 is 23.2 Å². The maximum atomic E-state index is 11.0. The molecule has 64 valence electrons. The van der Waals surface area contributed by atoms with Crippen molar-refractivity contribution in [2.45, 2.75) is 0 Å². The molecule has 2 N–H and O–H groups in total. The fourth-order valence-corrected chi connectivity index (χ4v) is 1.20. The van der Waals surface area contributed by atoms with Gasteiger partial charge in [-0.3, -0.25) is 4.79 Å². The second-order valence-electron chi connectivity index (χ2n) is 2.13. The van der Waals surface area contributed by atoms with Crippen LogP contribution in [0.4, 0.5) is 0 Å². The molecule has 5 heteroatoms. The topological polar surface area (TPSA) is 56.0 Å². The van der Waals surface area contributed by atoms with E-state index in [0.29, 0.717) is 5.56 Å². The molecule has 1 heterocycles. The summed E-state index contributed by atoms with van der Waals surface area (Å²) < 4.78 is 0. The van der Waals surface area contributed by atoms with Gasteiger partial charge >= 0.3 is 0 Å². The molecule has 0 aliphatic carbocycles. The van der Waals surface area contributed by atoms with E-state index in [1.807, 2.05) is 0 Å². The fraction of sp³-hybridized carbons (Fsp3) is 0.143. The molecule has 0 atom stereocenters. The highest BCUT2D eigenvalue weighted by atomic mass is 35.5. The molecular formula is C7H6Cl2N2O. The number of ketones is 1. The highest BCUT2D eigenvalue weighted by Gasteiger charge is 2.05. The molecule has 0 saturated heterocycles. The quantitative estimate of drug-likeness (QED) is 0.588. The molecule has 1 rings (SSSR count). The van der Waals surface area contributed by atoms with Gasteiger partial charge in [0.25, 0.3) is 0 Å². The Morgan fingerprint density at radius 2 is 1.92 bits per heavy atom. The summed E-state index contributed by atoms with van der Waals surface area (Å²) in [7, 11) is 0. The molecule has 1 aromatic rings. The van der Waals surface area contributed by atoms with E-state index in [1.54, 1.807) is 0 Å². The zero-order valence-electron chi connectivity index (χ0n) is 6.05. The Labute approximate surface area is 79.5 Å². The Kier molecular flexibility index (Phi) is 3.03. The summed E-state index contributed by atoms with van der Waals surface area (Å²) >= 11 is 11.1. The average Bonchev–Trinajstić information content (AvgIpc) is 2.01. The van der Waals surface area contributed by atoms with Crippen LogP contribution in [-0.2, 0) is 0 Å². The minimum absolute atomic E-state index is 0.0589. The van der Waals surface area contributed by atoms with Crippen LogP contribution in [-0.4, -0.2) is 17.3 Å². The van der Waals surface area contributed by atoms with Crippen molar-refractivity contribution < 1.29 is 4.79 Å². The van der Waals surface area contributed by atoms with Crippen LogP contribution < -0.4 is 5.73 Å². The van der Waals surface area contributed by atoms with Crippen LogP contribution in [0.3, 0.4) is 0 Å². The number of hydrogen-bond donors (Lipinski definition) is 1. The fourth-order valence-electron chi connectivity index (χ4n) is 0.744. The van der Waals surface area contributed by atoms with Crippen LogP contribution in [0.15, 0.2) is 12.1 Å². The molecule has 0 aliphatic rings. The number of nitrogens with zero attached hydrogens (tertiary/aromatic N) is 1. The van der Waals surface area contributed by atoms with Crippen LogP contribution in [0.1, 0.15) is 10.4 Å². The predicted molar refractivity (Wildman–Crippen MR) is 47.6 cm³/mol. The Hall–Kier alpha value is -0.640. The Morgan fingerprint density at radius 1 is 1.42 bits per heavy atom. The van der Waals surface area contributed by atoms with Crippen molar-refractivity contribution in [3.05, 3.63) is 28.0 Å². The van der Waals surface area contributed by atoms with Crippen molar-refractivity contribution in [3.63, 3.8) is 0 Å². The van der Waals surface area contributed by atoms with E-state index in [4.69, 9.17) is 28.9 Å². The third-order valence-electron chi connectivity index (χ3n) is 1.27. The van der Waals surface area contributed by atoms with E-state index in [0.717, 1.165) is 0 Å². The number of carbonyl (C=O) groups is 1. The first-order valence-electron chi connectivity index (χ1n) is 3.20. The van der Waals surface area contributed by atoms with Gasteiger partial charge in [0.2, 0.25) is 0 Å². The standard InChI is InChI=1S/C7H6Cl2N2O/c8-6-1-4(5(12)3-10)2-7(9)11-6/h1-2H,3,10H2. The zero-order valence-corrected chi connectivity index (χ0v) is 7.56. The van der Waals surface area contributed by atoms with Crippen molar-refractivity contribution in [3.8, 4) is 0 Å². The van der Waals surface area contributed by atoms with Gasteiger partial charge in [-0.05, 0) is 12.1 Å². The first-order valence-corrected chi connectivity index (χ1v) is 3.95. The number of Topliss-reactive ketones (excluding diaryl/α,β-unsaturated/α-hetero) is 1. The number of carbonyl (C=O) groups excluding carboxylic acids is 1. The highest BCUT2D eigenvalue weighted by Crippen LogP contribution is 2.14. The minimum Gasteiger partial charge on any atom is -0.324 e. The SMILES string of the molecule is NCC(=O)c1cc(Cl)nc(Cl)c1. The monoisotopic (exact) mass is 204 g/mol. The third kappa shape index (κ3) is 2.17. The number of hydrogen-bond acceptors (Lipinski definition) is 3. The van der Waals surface area contributed by atoms with Gasteiger partial charge in [0.1, 0.15) is 10.3 Å². The summed E-state index contributed by atoms with van der Waals surface area (Å²) in [5.74, 6) is -0.207.